The van der Waals surface area contributed by atoms with Crippen LogP contribution in [0.2, 0.25) is 10.0 Å². The summed E-state index contributed by atoms with van der Waals surface area (Å²) in [6, 6.07) is 11.1. The van der Waals surface area contributed by atoms with Crippen molar-refractivity contribution in [2.45, 2.75) is 44.9 Å². The van der Waals surface area contributed by atoms with Gasteiger partial charge in [0.05, 0.1) is 15.8 Å². The van der Waals surface area contributed by atoms with Crippen molar-refractivity contribution in [3.05, 3.63) is 69.8 Å². The lowest BCUT2D eigenvalue weighted by Gasteiger charge is -2.35. The molecule has 5 rings (SSSR count). The van der Waals surface area contributed by atoms with Gasteiger partial charge in [0.1, 0.15) is 0 Å². The maximum absolute atomic E-state index is 12.7. The standard InChI is InChI=1S/C31H38Cl2N4O3S/c1-2-41(39,40)35-25-5-7-30-26(20-25)27(21-34-30)24-12-15-36(16-13-24)14-9-22-10-17-37(18-11-22)31(38)8-4-23-3-6-28(32)29(33)19-23/h3-8,19-22,24,34-35H,2,9-18H2,1H3/b8-4+. The molecule has 10 heteroatoms. The Kier molecular flexibility index (Phi) is 9.64. The molecule has 0 saturated carbocycles. The molecular weight excluding hydrogens is 579 g/mol. The lowest BCUT2D eigenvalue weighted by atomic mass is 9.88. The fraction of sp³-hybridized carbons (Fsp3) is 0.452. The van der Waals surface area contributed by atoms with Crippen LogP contribution in [-0.2, 0) is 14.8 Å². The van der Waals surface area contributed by atoms with E-state index in [1.807, 2.05) is 29.2 Å². The second kappa shape index (κ2) is 13.2. The van der Waals surface area contributed by atoms with Gasteiger partial charge in [-0.05, 0) is 118 Å². The molecule has 7 nitrogen and oxygen atoms in total. The Morgan fingerprint density at radius 1 is 1.02 bits per heavy atom. The second-order valence-corrected chi connectivity index (χ2v) is 14.0. The van der Waals surface area contributed by atoms with Crippen LogP contribution in [0.3, 0.4) is 0 Å². The highest BCUT2D eigenvalue weighted by atomic mass is 35.5. The van der Waals surface area contributed by atoms with E-state index in [2.05, 4.69) is 20.8 Å². The molecule has 1 aromatic heterocycles. The SMILES string of the molecule is CCS(=O)(=O)Nc1ccc2[nH]cc(C3CCN(CCC4CCN(C(=O)/C=C/c5ccc(Cl)c(Cl)c5)CC4)CC3)c2c1. The third kappa shape index (κ3) is 7.66. The Morgan fingerprint density at radius 2 is 1.78 bits per heavy atom. The molecule has 2 saturated heterocycles. The largest absolute Gasteiger partial charge is 0.361 e. The molecular formula is C31H38Cl2N4O3S. The average molecular weight is 618 g/mol. The minimum Gasteiger partial charge on any atom is -0.361 e. The van der Waals surface area contributed by atoms with Gasteiger partial charge in [-0.1, -0.05) is 29.3 Å². The lowest BCUT2D eigenvalue weighted by molar-refractivity contribution is -0.127. The van der Waals surface area contributed by atoms with Crippen molar-refractivity contribution in [3.63, 3.8) is 0 Å². The van der Waals surface area contributed by atoms with Gasteiger partial charge < -0.3 is 14.8 Å². The monoisotopic (exact) mass is 616 g/mol. The zero-order valence-electron chi connectivity index (χ0n) is 23.4. The molecule has 0 atom stereocenters. The number of aromatic nitrogens is 1. The van der Waals surface area contributed by atoms with Crippen LogP contribution in [0.4, 0.5) is 5.69 Å². The van der Waals surface area contributed by atoms with E-state index in [0.29, 0.717) is 27.6 Å². The van der Waals surface area contributed by atoms with Crippen molar-refractivity contribution in [3.8, 4) is 0 Å². The van der Waals surface area contributed by atoms with Crippen molar-refractivity contribution < 1.29 is 13.2 Å². The van der Waals surface area contributed by atoms with E-state index in [1.54, 1.807) is 31.2 Å². The molecule has 1 amide bonds. The number of likely N-dealkylation sites (tertiary alicyclic amines) is 2. The van der Waals surface area contributed by atoms with Gasteiger partial charge in [-0.15, -0.1) is 0 Å². The number of nitrogens with one attached hydrogen (secondary N) is 2. The van der Waals surface area contributed by atoms with Crippen LogP contribution in [0.15, 0.2) is 48.7 Å². The summed E-state index contributed by atoms with van der Waals surface area (Å²) in [7, 11) is -3.31. The highest BCUT2D eigenvalue weighted by Gasteiger charge is 2.25. The molecule has 0 unspecified atom stereocenters. The number of carbonyl (C=O) groups is 1. The highest BCUT2D eigenvalue weighted by molar-refractivity contribution is 7.92. The van der Waals surface area contributed by atoms with E-state index < -0.39 is 10.0 Å². The van der Waals surface area contributed by atoms with Crippen molar-refractivity contribution >= 4 is 61.8 Å². The van der Waals surface area contributed by atoms with E-state index in [9.17, 15) is 13.2 Å². The fourth-order valence-corrected chi connectivity index (χ4v) is 6.90. The number of hydrogen-bond donors (Lipinski definition) is 2. The summed E-state index contributed by atoms with van der Waals surface area (Å²) in [6.45, 7) is 6.47. The first-order chi connectivity index (χ1) is 19.7. The first kappa shape index (κ1) is 30.0. The number of benzene rings is 2. The number of fused-ring (bicyclic) bond motifs is 1. The summed E-state index contributed by atoms with van der Waals surface area (Å²) in [4.78, 5) is 20.6. The Hall–Kier alpha value is -2.52. The zero-order chi connectivity index (χ0) is 29.0. The molecule has 41 heavy (non-hydrogen) atoms. The summed E-state index contributed by atoms with van der Waals surface area (Å²) in [5.41, 5.74) is 3.80. The number of nitrogens with zero attached hydrogens (tertiary/aromatic N) is 2. The molecule has 3 aromatic rings. The number of H-pyrrole nitrogens is 1. The number of sulfonamides is 1. The van der Waals surface area contributed by atoms with E-state index in [1.165, 1.54) is 12.0 Å². The first-order valence-corrected chi connectivity index (χ1v) is 16.9. The quantitative estimate of drug-likeness (QED) is 0.260. The maximum Gasteiger partial charge on any atom is 0.246 e. The summed E-state index contributed by atoms with van der Waals surface area (Å²) >= 11 is 12.0. The van der Waals surface area contributed by atoms with Crippen LogP contribution < -0.4 is 4.72 Å². The van der Waals surface area contributed by atoms with Crippen molar-refractivity contribution in [2.75, 3.05) is 43.2 Å². The molecule has 3 heterocycles. The van der Waals surface area contributed by atoms with Crippen LogP contribution in [0.25, 0.3) is 17.0 Å². The Labute approximate surface area is 252 Å². The van der Waals surface area contributed by atoms with Crippen LogP contribution in [0.1, 0.15) is 56.1 Å². The van der Waals surface area contributed by atoms with Gasteiger partial charge in [-0.2, -0.15) is 0 Å². The average Bonchev–Trinajstić information content (AvgIpc) is 3.40. The second-order valence-electron chi connectivity index (χ2n) is 11.2. The number of carbonyl (C=O) groups excluding carboxylic acids is 1. The smallest absolute Gasteiger partial charge is 0.246 e. The van der Waals surface area contributed by atoms with Crippen LogP contribution in [0, 0.1) is 5.92 Å². The third-order valence-electron chi connectivity index (χ3n) is 8.54. The van der Waals surface area contributed by atoms with Gasteiger partial charge in [0, 0.05) is 42.0 Å². The Bertz CT molecular complexity index is 1500. The number of aromatic amines is 1. The van der Waals surface area contributed by atoms with Crippen LogP contribution in [-0.4, -0.2) is 67.6 Å². The molecule has 2 aliphatic heterocycles. The minimum absolute atomic E-state index is 0.0452. The molecule has 0 bridgehead atoms. The van der Waals surface area contributed by atoms with Gasteiger partial charge in [0.25, 0.3) is 0 Å². The normalized spacial score (nSPS) is 18.0. The molecule has 220 valence electrons. The van der Waals surface area contributed by atoms with E-state index in [0.717, 1.165) is 74.9 Å². The van der Waals surface area contributed by atoms with Crippen LogP contribution in [0.5, 0.6) is 0 Å². The number of halogens is 2. The molecule has 2 aliphatic rings. The predicted octanol–water partition coefficient (Wildman–Crippen LogP) is 6.76. The zero-order valence-corrected chi connectivity index (χ0v) is 25.7. The topological polar surface area (TPSA) is 85.5 Å². The predicted molar refractivity (Wildman–Crippen MR) is 169 cm³/mol. The summed E-state index contributed by atoms with van der Waals surface area (Å²) in [6.07, 6.45) is 11.0. The maximum atomic E-state index is 12.7. The van der Waals surface area contributed by atoms with Gasteiger partial charge in [-0.25, -0.2) is 8.42 Å². The van der Waals surface area contributed by atoms with E-state index in [4.69, 9.17) is 23.2 Å². The van der Waals surface area contributed by atoms with Gasteiger partial charge in [0.15, 0.2) is 0 Å². The molecule has 2 N–H and O–H groups in total. The van der Waals surface area contributed by atoms with Crippen molar-refractivity contribution in [1.82, 2.24) is 14.8 Å². The first-order valence-electron chi connectivity index (χ1n) is 14.5. The number of anilines is 1. The van der Waals surface area contributed by atoms with Gasteiger partial charge in [-0.3, -0.25) is 9.52 Å². The molecule has 2 fully saturated rings. The van der Waals surface area contributed by atoms with Crippen LogP contribution >= 0.6 is 23.2 Å². The van der Waals surface area contributed by atoms with E-state index >= 15 is 0 Å². The molecule has 0 radical (unpaired) electrons. The minimum atomic E-state index is -3.31. The number of piperidine rings is 2. The van der Waals surface area contributed by atoms with E-state index in [-0.39, 0.29) is 11.7 Å². The molecule has 2 aromatic carbocycles. The summed E-state index contributed by atoms with van der Waals surface area (Å²) in [5.74, 6) is 1.21. The summed E-state index contributed by atoms with van der Waals surface area (Å²) in [5, 5.41) is 2.09. The number of hydrogen-bond acceptors (Lipinski definition) is 4. The third-order valence-corrected chi connectivity index (χ3v) is 10.6. The lowest BCUT2D eigenvalue weighted by Crippen LogP contribution is -2.39. The van der Waals surface area contributed by atoms with Gasteiger partial charge >= 0.3 is 0 Å². The highest BCUT2D eigenvalue weighted by Crippen LogP contribution is 2.35. The molecule has 0 aliphatic carbocycles. The number of rotatable bonds is 9. The molecule has 0 spiro atoms. The fourth-order valence-electron chi connectivity index (χ4n) is 5.96. The van der Waals surface area contributed by atoms with Crippen molar-refractivity contribution in [1.29, 1.82) is 0 Å². The Morgan fingerprint density at radius 3 is 2.49 bits per heavy atom. The summed E-state index contributed by atoms with van der Waals surface area (Å²) < 4.78 is 26.7. The van der Waals surface area contributed by atoms with Gasteiger partial charge in [0.2, 0.25) is 15.9 Å². The number of amides is 1. The Balaban J connectivity index is 1.06. The van der Waals surface area contributed by atoms with Crippen molar-refractivity contribution in [2.24, 2.45) is 5.92 Å².